The number of carbonyl (C=O) groups excluding carboxylic acids is 2. The average Bonchev–Trinajstić information content (AvgIpc) is 3.52. The summed E-state index contributed by atoms with van der Waals surface area (Å²) in [6.07, 6.45) is -0.629. The van der Waals surface area contributed by atoms with Gasteiger partial charge in [0.05, 0.1) is 16.7 Å². The SMILES string of the molecule is CN1CC(CN2C(=O)C3CC(S(=O)(=O)NC4(C(F)F)CC4)CCC3N(CC3CCC(F)CC3)C2=O)CN1. The molecule has 5 aliphatic rings. The summed E-state index contributed by atoms with van der Waals surface area (Å²) in [6.45, 7) is 1.95. The molecule has 2 saturated heterocycles. The Morgan fingerprint density at radius 3 is 2.35 bits per heavy atom. The zero-order chi connectivity index (χ0) is 26.5. The molecule has 4 unspecified atom stereocenters. The fraction of sp³-hybridized carbons (Fsp3) is 0.917. The Bertz CT molecular complexity index is 989. The number of urea groups is 1. The van der Waals surface area contributed by atoms with Crippen LogP contribution < -0.4 is 10.1 Å². The standard InChI is InChI=1S/C24H38F3N5O4S/c1-30-12-16(11-28-30)14-32-21(33)19-10-18(37(35,36)29-24(8-9-24)22(26)27)6-7-20(19)31(23(32)34)13-15-2-4-17(25)5-3-15/h15-20,22,28-29H,2-14H2,1H3. The van der Waals surface area contributed by atoms with Crippen LogP contribution in [-0.2, 0) is 14.8 Å². The second-order valence-corrected chi connectivity index (χ2v) is 13.8. The molecule has 0 spiro atoms. The monoisotopic (exact) mass is 549 g/mol. The quantitative estimate of drug-likeness (QED) is 0.481. The molecular weight excluding hydrogens is 511 g/mol. The first-order valence-electron chi connectivity index (χ1n) is 13.5. The van der Waals surface area contributed by atoms with Gasteiger partial charge in [0.15, 0.2) is 0 Å². The molecule has 3 aliphatic carbocycles. The van der Waals surface area contributed by atoms with E-state index in [1.165, 1.54) is 4.90 Å². The number of imide groups is 1. The van der Waals surface area contributed by atoms with Gasteiger partial charge in [0.1, 0.15) is 6.17 Å². The van der Waals surface area contributed by atoms with Gasteiger partial charge in [-0.2, -0.15) is 0 Å². The Morgan fingerprint density at radius 2 is 1.76 bits per heavy atom. The van der Waals surface area contributed by atoms with Crippen LogP contribution in [0.2, 0.25) is 0 Å². The van der Waals surface area contributed by atoms with Gasteiger partial charge in [0.2, 0.25) is 15.9 Å². The van der Waals surface area contributed by atoms with Crippen LogP contribution >= 0.6 is 0 Å². The average molecular weight is 550 g/mol. The molecule has 9 nitrogen and oxygen atoms in total. The number of alkyl halides is 3. The third-order valence-corrected chi connectivity index (χ3v) is 11.1. The smallest absolute Gasteiger partial charge is 0.320 e. The van der Waals surface area contributed by atoms with E-state index in [4.69, 9.17) is 0 Å². The zero-order valence-corrected chi connectivity index (χ0v) is 22.1. The fourth-order valence-electron chi connectivity index (χ4n) is 6.64. The summed E-state index contributed by atoms with van der Waals surface area (Å²) in [5, 5.41) is 0.942. The van der Waals surface area contributed by atoms with Crippen molar-refractivity contribution in [2.75, 3.05) is 33.2 Å². The predicted molar refractivity (Wildman–Crippen MR) is 130 cm³/mol. The van der Waals surface area contributed by atoms with Crippen LogP contribution in [0, 0.1) is 17.8 Å². The first kappa shape index (κ1) is 27.1. The van der Waals surface area contributed by atoms with Crippen LogP contribution in [0.15, 0.2) is 0 Å². The molecule has 5 fully saturated rings. The summed E-state index contributed by atoms with van der Waals surface area (Å²) in [7, 11) is -2.18. The number of hydrogen-bond acceptors (Lipinski definition) is 6. The molecule has 0 aromatic rings. The number of hydrogen-bond donors (Lipinski definition) is 2. The molecule has 37 heavy (non-hydrogen) atoms. The lowest BCUT2D eigenvalue weighted by Crippen LogP contribution is -2.65. The Balaban J connectivity index is 1.35. The van der Waals surface area contributed by atoms with E-state index in [1.807, 2.05) is 12.1 Å². The first-order chi connectivity index (χ1) is 17.5. The molecule has 210 valence electrons. The maximum absolute atomic E-state index is 13.7. The van der Waals surface area contributed by atoms with Crippen molar-refractivity contribution < 1.29 is 31.2 Å². The maximum atomic E-state index is 13.7. The van der Waals surface area contributed by atoms with E-state index in [0.717, 1.165) is 0 Å². The number of halogens is 3. The normalized spacial score (nSPS) is 36.8. The van der Waals surface area contributed by atoms with E-state index in [0.29, 0.717) is 51.7 Å². The molecule has 2 N–H and O–H groups in total. The molecule has 5 rings (SSSR count). The molecule has 3 saturated carbocycles. The van der Waals surface area contributed by atoms with Gasteiger partial charge in [0, 0.05) is 45.2 Å². The van der Waals surface area contributed by atoms with Gasteiger partial charge in [-0.1, -0.05) is 0 Å². The summed E-state index contributed by atoms with van der Waals surface area (Å²) >= 11 is 0. The Hall–Kier alpha value is -1.44. The highest BCUT2D eigenvalue weighted by Crippen LogP contribution is 2.44. The summed E-state index contributed by atoms with van der Waals surface area (Å²) < 4.78 is 69.1. The molecule has 2 heterocycles. The number of nitrogens with one attached hydrogen (secondary N) is 2. The van der Waals surface area contributed by atoms with Gasteiger partial charge in [-0.3, -0.25) is 15.1 Å². The number of amides is 3. The minimum Gasteiger partial charge on any atom is -0.320 e. The van der Waals surface area contributed by atoms with Crippen LogP contribution in [-0.4, -0.2) is 97.8 Å². The Morgan fingerprint density at radius 1 is 1.05 bits per heavy atom. The molecule has 0 bridgehead atoms. The van der Waals surface area contributed by atoms with E-state index in [1.54, 1.807) is 4.90 Å². The van der Waals surface area contributed by atoms with Crippen molar-refractivity contribution in [3.05, 3.63) is 0 Å². The van der Waals surface area contributed by atoms with Gasteiger partial charge in [-0.05, 0) is 63.7 Å². The molecule has 2 aliphatic heterocycles. The number of sulfonamides is 1. The number of rotatable bonds is 8. The van der Waals surface area contributed by atoms with Crippen molar-refractivity contribution in [1.29, 1.82) is 0 Å². The third-order valence-electron chi connectivity index (χ3n) is 9.07. The second-order valence-electron chi connectivity index (χ2n) is 11.8. The van der Waals surface area contributed by atoms with Gasteiger partial charge < -0.3 is 4.90 Å². The van der Waals surface area contributed by atoms with E-state index in [2.05, 4.69) is 10.1 Å². The van der Waals surface area contributed by atoms with Crippen molar-refractivity contribution in [2.45, 2.75) is 87.2 Å². The zero-order valence-electron chi connectivity index (χ0n) is 21.3. The lowest BCUT2D eigenvalue weighted by Gasteiger charge is -2.49. The van der Waals surface area contributed by atoms with Crippen molar-refractivity contribution in [3.63, 3.8) is 0 Å². The van der Waals surface area contributed by atoms with Gasteiger partial charge in [-0.25, -0.2) is 36.1 Å². The lowest BCUT2D eigenvalue weighted by molar-refractivity contribution is -0.141. The first-order valence-corrected chi connectivity index (χ1v) is 15.1. The minimum atomic E-state index is -4.07. The second kappa shape index (κ2) is 10.3. The van der Waals surface area contributed by atoms with Crippen molar-refractivity contribution in [1.82, 2.24) is 25.0 Å². The summed E-state index contributed by atoms with van der Waals surface area (Å²) in [6, 6.07) is -0.780. The number of carbonyl (C=O) groups is 2. The molecule has 0 aromatic heterocycles. The van der Waals surface area contributed by atoms with Gasteiger partial charge in [-0.15, -0.1) is 0 Å². The Labute approximate surface area is 216 Å². The summed E-state index contributed by atoms with van der Waals surface area (Å²) in [5.74, 6) is -0.902. The Kier molecular flexibility index (Phi) is 7.53. The molecule has 4 atom stereocenters. The van der Waals surface area contributed by atoms with Crippen LogP contribution in [0.3, 0.4) is 0 Å². The third kappa shape index (κ3) is 5.51. The predicted octanol–water partition coefficient (Wildman–Crippen LogP) is 2.10. The van der Waals surface area contributed by atoms with Crippen molar-refractivity contribution in [3.8, 4) is 0 Å². The van der Waals surface area contributed by atoms with Crippen molar-refractivity contribution >= 4 is 22.0 Å². The largest absolute Gasteiger partial charge is 0.326 e. The number of fused-ring (bicyclic) bond motifs is 1. The molecule has 0 aromatic carbocycles. The topological polar surface area (TPSA) is 102 Å². The van der Waals surface area contributed by atoms with Crippen LogP contribution in [0.25, 0.3) is 0 Å². The maximum Gasteiger partial charge on any atom is 0.326 e. The highest BCUT2D eigenvalue weighted by atomic mass is 32.2. The van der Waals surface area contributed by atoms with E-state index < -0.39 is 45.4 Å². The summed E-state index contributed by atoms with van der Waals surface area (Å²) in [4.78, 5) is 30.3. The molecule has 0 radical (unpaired) electrons. The van der Waals surface area contributed by atoms with E-state index >= 15 is 0 Å². The minimum absolute atomic E-state index is 0.00152. The van der Waals surface area contributed by atoms with Crippen LogP contribution in [0.4, 0.5) is 18.0 Å². The highest BCUT2D eigenvalue weighted by molar-refractivity contribution is 7.90. The fourth-order valence-corrected chi connectivity index (χ4v) is 8.57. The lowest BCUT2D eigenvalue weighted by atomic mass is 9.79. The number of hydrazine groups is 1. The van der Waals surface area contributed by atoms with Gasteiger partial charge in [0.25, 0.3) is 6.43 Å². The van der Waals surface area contributed by atoms with Crippen LogP contribution in [0.5, 0.6) is 0 Å². The van der Waals surface area contributed by atoms with E-state index in [9.17, 15) is 31.2 Å². The van der Waals surface area contributed by atoms with Gasteiger partial charge >= 0.3 is 6.03 Å². The van der Waals surface area contributed by atoms with Crippen LogP contribution in [0.1, 0.15) is 57.8 Å². The van der Waals surface area contributed by atoms with E-state index in [-0.39, 0.29) is 56.0 Å². The highest BCUT2D eigenvalue weighted by Gasteiger charge is 2.56. The molecular formula is C24H38F3N5O4S. The molecule has 13 heteroatoms. The number of nitrogens with zero attached hydrogens (tertiary/aromatic N) is 3. The molecule has 3 amide bonds. The summed E-state index contributed by atoms with van der Waals surface area (Å²) in [5.41, 5.74) is 1.49. The van der Waals surface area contributed by atoms with Crippen molar-refractivity contribution in [2.24, 2.45) is 17.8 Å².